The molecule has 1 aliphatic heterocycles. The summed E-state index contributed by atoms with van der Waals surface area (Å²) in [6.07, 6.45) is 0. The van der Waals surface area contributed by atoms with Crippen LogP contribution in [0.2, 0.25) is 0 Å². The van der Waals surface area contributed by atoms with Crippen LogP contribution in [0, 0.1) is 12.7 Å². The Hall–Kier alpha value is -3.97. The van der Waals surface area contributed by atoms with E-state index < -0.39 is 23.6 Å². The minimum absolute atomic E-state index is 0.115. The van der Waals surface area contributed by atoms with Crippen molar-refractivity contribution in [3.05, 3.63) is 100.0 Å². The quantitative estimate of drug-likeness (QED) is 0.257. The first kappa shape index (κ1) is 25.1. The minimum atomic E-state index is -0.719. The summed E-state index contributed by atoms with van der Waals surface area (Å²) >= 11 is 6.14. The first-order valence-corrected chi connectivity index (χ1v) is 11.6. The highest BCUT2D eigenvalue weighted by atomic mass is 35.5. The van der Waals surface area contributed by atoms with E-state index >= 15 is 0 Å². The van der Waals surface area contributed by atoms with Gasteiger partial charge < -0.3 is 10.1 Å². The van der Waals surface area contributed by atoms with Crippen LogP contribution < -0.4 is 15.0 Å². The number of benzene rings is 3. The Labute approximate surface area is 213 Å². The van der Waals surface area contributed by atoms with E-state index in [1.54, 1.807) is 30.3 Å². The van der Waals surface area contributed by atoms with Gasteiger partial charge in [0.2, 0.25) is 0 Å². The first-order valence-electron chi connectivity index (χ1n) is 11.2. The van der Waals surface area contributed by atoms with Crippen molar-refractivity contribution in [3.63, 3.8) is 0 Å². The number of esters is 1. The molecule has 0 unspecified atom stereocenters. The second-order valence-electron chi connectivity index (χ2n) is 9.45. The van der Waals surface area contributed by atoms with Gasteiger partial charge in [0.1, 0.15) is 22.3 Å². The molecule has 1 aliphatic rings. The van der Waals surface area contributed by atoms with Crippen LogP contribution in [0.1, 0.15) is 42.3 Å². The average molecular weight is 507 g/mol. The molecular formula is C28H24ClFN2O4. The monoisotopic (exact) mass is 506 g/mol. The van der Waals surface area contributed by atoms with Gasteiger partial charge in [-0.2, -0.15) is 0 Å². The van der Waals surface area contributed by atoms with E-state index in [0.717, 1.165) is 28.2 Å². The fourth-order valence-electron chi connectivity index (χ4n) is 3.75. The van der Waals surface area contributed by atoms with Crippen LogP contribution in [0.15, 0.2) is 77.5 Å². The third kappa shape index (κ3) is 5.02. The minimum Gasteiger partial charge on any atom is -0.423 e. The number of aryl methyl sites for hydroxylation is 1. The number of carbonyl (C=O) groups is 3. The molecular weight excluding hydrogens is 483 g/mol. The van der Waals surface area contributed by atoms with Crippen LogP contribution in [0.3, 0.4) is 0 Å². The standard InChI is InChI=1S/C28H24ClFN2O4/c1-16-5-14-22(21(15-16)28(2,3)4)36-27(35)17-6-10-19(11-7-17)31-24-23(29)25(33)32(26(24)34)20-12-8-18(30)9-13-20/h5-15,31H,1-4H3. The van der Waals surface area contributed by atoms with Gasteiger partial charge in [0.05, 0.1) is 11.3 Å². The number of halogens is 2. The van der Waals surface area contributed by atoms with Crippen molar-refractivity contribution in [2.75, 3.05) is 10.2 Å². The lowest BCUT2D eigenvalue weighted by Gasteiger charge is -2.22. The number of rotatable bonds is 5. The molecule has 6 nitrogen and oxygen atoms in total. The largest absolute Gasteiger partial charge is 0.423 e. The summed E-state index contributed by atoms with van der Waals surface area (Å²) in [5, 5.41) is 2.55. The topological polar surface area (TPSA) is 75.7 Å². The van der Waals surface area contributed by atoms with Gasteiger partial charge in [0.15, 0.2) is 0 Å². The lowest BCUT2D eigenvalue weighted by atomic mass is 9.85. The molecule has 0 spiro atoms. The van der Waals surface area contributed by atoms with E-state index in [1.165, 1.54) is 12.1 Å². The highest BCUT2D eigenvalue weighted by molar-refractivity contribution is 6.53. The molecule has 1 heterocycles. The fourth-order valence-corrected chi connectivity index (χ4v) is 3.96. The Kier molecular flexibility index (Phi) is 6.69. The Balaban J connectivity index is 1.50. The fraction of sp³-hybridized carbons (Fsp3) is 0.179. The maximum atomic E-state index is 13.2. The van der Waals surface area contributed by atoms with Crippen molar-refractivity contribution in [3.8, 4) is 5.75 Å². The maximum Gasteiger partial charge on any atom is 0.343 e. The third-order valence-electron chi connectivity index (χ3n) is 5.65. The van der Waals surface area contributed by atoms with E-state index in [1.807, 2.05) is 39.8 Å². The van der Waals surface area contributed by atoms with E-state index in [0.29, 0.717) is 17.0 Å². The average Bonchev–Trinajstić information content (AvgIpc) is 3.03. The first-order chi connectivity index (χ1) is 17.0. The molecule has 36 heavy (non-hydrogen) atoms. The highest BCUT2D eigenvalue weighted by Gasteiger charge is 2.39. The van der Waals surface area contributed by atoms with Gasteiger partial charge in [0.25, 0.3) is 11.8 Å². The Morgan fingerprint density at radius 1 is 0.944 bits per heavy atom. The Bertz CT molecular complexity index is 1390. The Morgan fingerprint density at radius 3 is 2.19 bits per heavy atom. The SMILES string of the molecule is Cc1ccc(OC(=O)c2ccc(NC3=C(Cl)C(=O)N(c4ccc(F)cc4)C3=O)cc2)c(C(C)(C)C)c1. The highest BCUT2D eigenvalue weighted by Crippen LogP contribution is 2.33. The predicted octanol–water partition coefficient (Wildman–Crippen LogP) is 6.09. The van der Waals surface area contributed by atoms with Gasteiger partial charge in [-0.3, -0.25) is 9.59 Å². The summed E-state index contributed by atoms with van der Waals surface area (Å²) < 4.78 is 18.9. The molecule has 1 N–H and O–H groups in total. The van der Waals surface area contributed by atoms with Crippen LogP contribution >= 0.6 is 11.6 Å². The number of amides is 2. The summed E-state index contributed by atoms with van der Waals surface area (Å²) in [6.45, 7) is 8.12. The smallest absolute Gasteiger partial charge is 0.343 e. The molecule has 3 aromatic carbocycles. The molecule has 0 bridgehead atoms. The van der Waals surface area contributed by atoms with Crippen LogP contribution in [-0.2, 0) is 15.0 Å². The Morgan fingerprint density at radius 2 is 1.58 bits per heavy atom. The zero-order valence-corrected chi connectivity index (χ0v) is 20.9. The number of hydrogen-bond donors (Lipinski definition) is 1. The number of ether oxygens (including phenoxy) is 1. The van der Waals surface area contributed by atoms with Crippen LogP contribution in [-0.4, -0.2) is 17.8 Å². The molecule has 2 amide bonds. The number of hydrogen-bond acceptors (Lipinski definition) is 5. The van der Waals surface area contributed by atoms with Crippen LogP contribution in [0.25, 0.3) is 0 Å². The molecule has 0 aromatic heterocycles. The third-order valence-corrected chi connectivity index (χ3v) is 6.00. The maximum absolute atomic E-state index is 13.2. The van der Waals surface area contributed by atoms with Gasteiger partial charge in [-0.1, -0.05) is 50.1 Å². The van der Waals surface area contributed by atoms with E-state index in [-0.39, 0.29) is 21.8 Å². The summed E-state index contributed by atoms with van der Waals surface area (Å²) in [5.74, 6) is -1.92. The zero-order valence-electron chi connectivity index (χ0n) is 20.2. The molecule has 0 saturated carbocycles. The molecule has 184 valence electrons. The zero-order chi connectivity index (χ0) is 26.2. The molecule has 0 atom stereocenters. The van der Waals surface area contributed by atoms with E-state index in [2.05, 4.69) is 5.32 Å². The van der Waals surface area contributed by atoms with Crippen molar-refractivity contribution < 1.29 is 23.5 Å². The second-order valence-corrected chi connectivity index (χ2v) is 9.83. The second kappa shape index (κ2) is 9.59. The summed E-state index contributed by atoms with van der Waals surface area (Å²) in [6, 6.07) is 16.8. The lowest BCUT2D eigenvalue weighted by Crippen LogP contribution is -2.32. The van der Waals surface area contributed by atoms with E-state index in [9.17, 15) is 18.8 Å². The lowest BCUT2D eigenvalue weighted by molar-refractivity contribution is -0.120. The summed E-state index contributed by atoms with van der Waals surface area (Å²) in [5.41, 5.74) is 2.61. The van der Waals surface area contributed by atoms with Gasteiger partial charge in [0, 0.05) is 11.3 Å². The predicted molar refractivity (Wildman–Crippen MR) is 137 cm³/mol. The van der Waals surface area contributed by atoms with Crippen LogP contribution in [0.4, 0.5) is 15.8 Å². The van der Waals surface area contributed by atoms with Crippen molar-refractivity contribution in [2.45, 2.75) is 33.1 Å². The number of nitrogens with zero attached hydrogens (tertiary/aromatic N) is 1. The molecule has 0 fully saturated rings. The van der Waals surface area contributed by atoms with Crippen molar-refractivity contribution in [1.82, 2.24) is 0 Å². The normalized spacial score (nSPS) is 13.9. The van der Waals surface area contributed by atoms with Gasteiger partial charge in [-0.25, -0.2) is 14.1 Å². The van der Waals surface area contributed by atoms with Crippen molar-refractivity contribution >= 4 is 40.8 Å². The summed E-state index contributed by atoms with van der Waals surface area (Å²) in [7, 11) is 0. The van der Waals surface area contributed by atoms with Crippen LogP contribution in [0.5, 0.6) is 5.75 Å². The van der Waals surface area contributed by atoms with Gasteiger partial charge >= 0.3 is 5.97 Å². The van der Waals surface area contributed by atoms with Crippen molar-refractivity contribution in [1.29, 1.82) is 0 Å². The molecule has 0 aliphatic carbocycles. The number of anilines is 2. The molecule has 0 radical (unpaired) electrons. The van der Waals surface area contributed by atoms with E-state index in [4.69, 9.17) is 16.3 Å². The summed E-state index contributed by atoms with van der Waals surface area (Å²) in [4.78, 5) is 39.1. The van der Waals surface area contributed by atoms with Gasteiger partial charge in [-0.05, 0) is 66.9 Å². The number of imide groups is 1. The van der Waals surface area contributed by atoms with Crippen molar-refractivity contribution in [2.24, 2.45) is 0 Å². The molecule has 3 aromatic rings. The molecule has 4 rings (SSSR count). The number of carbonyl (C=O) groups excluding carboxylic acids is 3. The molecule has 8 heteroatoms. The number of nitrogens with one attached hydrogen (secondary N) is 1. The van der Waals surface area contributed by atoms with Gasteiger partial charge in [-0.15, -0.1) is 0 Å². The molecule has 0 saturated heterocycles.